The van der Waals surface area contributed by atoms with E-state index in [-0.39, 0.29) is 17.9 Å². The first-order valence-corrected chi connectivity index (χ1v) is 9.74. The highest BCUT2D eigenvalue weighted by Crippen LogP contribution is 2.40. The van der Waals surface area contributed by atoms with E-state index in [4.69, 9.17) is 9.97 Å². The molecule has 27 heavy (non-hydrogen) atoms. The van der Waals surface area contributed by atoms with Crippen molar-refractivity contribution in [3.63, 3.8) is 0 Å². The number of aliphatic hydroxyl groups excluding tert-OH is 1. The first-order valence-electron chi connectivity index (χ1n) is 9.74. The van der Waals surface area contributed by atoms with Gasteiger partial charge >= 0.3 is 0 Å². The number of aromatic nitrogens is 4. The van der Waals surface area contributed by atoms with Crippen molar-refractivity contribution in [1.82, 2.24) is 19.9 Å². The molecule has 3 N–H and O–H groups in total. The summed E-state index contributed by atoms with van der Waals surface area (Å²) in [5.74, 6) is 1.90. The molecule has 3 aliphatic rings. The maximum absolute atomic E-state index is 12.3. The van der Waals surface area contributed by atoms with Gasteiger partial charge in [0.1, 0.15) is 5.82 Å². The van der Waals surface area contributed by atoms with Crippen LogP contribution < -0.4 is 10.2 Å². The van der Waals surface area contributed by atoms with Crippen LogP contribution in [0.25, 0.3) is 0 Å². The summed E-state index contributed by atoms with van der Waals surface area (Å²) in [7, 11) is 0. The Morgan fingerprint density at radius 3 is 2.74 bits per heavy atom. The molecule has 1 aliphatic heterocycles. The van der Waals surface area contributed by atoms with Gasteiger partial charge in [-0.25, -0.2) is 9.97 Å². The molecule has 0 spiro atoms. The van der Waals surface area contributed by atoms with E-state index in [9.17, 15) is 9.90 Å². The van der Waals surface area contributed by atoms with Crippen LogP contribution in [0.5, 0.6) is 0 Å². The Bertz CT molecular complexity index is 853. The number of piperidine rings is 1. The highest BCUT2D eigenvalue weighted by Gasteiger charge is 2.44. The first-order chi connectivity index (χ1) is 13.2. The molecule has 0 radical (unpaired) electrons. The van der Waals surface area contributed by atoms with Gasteiger partial charge in [-0.15, -0.1) is 0 Å². The molecule has 0 atom stereocenters. The molecule has 1 saturated heterocycles. The Hall–Kier alpha value is -2.48. The minimum atomic E-state index is -0.310. The fourth-order valence-electron chi connectivity index (χ4n) is 4.16. The fraction of sp³-hybridized carbons (Fsp3) is 0.579. The Labute approximate surface area is 157 Å². The Morgan fingerprint density at radius 1 is 1.26 bits per heavy atom. The summed E-state index contributed by atoms with van der Waals surface area (Å²) in [6.45, 7) is 1.81. The second-order valence-electron chi connectivity index (χ2n) is 7.95. The lowest BCUT2D eigenvalue weighted by atomic mass is 9.94. The highest BCUT2D eigenvalue weighted by atomic mass is 16.3. The van der Waals surface area contributed by atoms with E-state index in [2.05, 4.69) is 20.2 Å². The highest BCUT2D eigenvalue weighted by molar-refractivity contribution is 6.04. The van der Waals surface area contributed by atoms with Gasteiger partial charge in [-0.3, -0.25) is 4.79 Å². The van der Waals surface area contributed by atoms with Crippen molar-refractivity contribution >= 4 is 17.5 Å². The molecule has 0 amide bonds. The number of nitrogens with zero attached hydrogens (tertiary/aromatic N) is 4. The summed E-state index contributed by atoms with van der Waals surface area (Å²) < 4.78 is 0. The van der Waals surface area contributed by atoms with Gasteiger partial charge in [-0.1, -0.05) is 0 Å². The number of rotatable bonds is 5. The summed E-state index contributed by atoms with van der Waals surface area (Å²) in [6.07, 6.45) is 8.66. The van der Waals surface area contributed by atoms with Crippen molar-refractivity contribution in [2.45, 2.75) is 50.0 Å². The van der Waals surface area contributed by atoms with Crippen LogP contribution in [0.1, 0.15) is 59.8 Å². The number of Topliss-reactive ketones (excluding diaryl/α,β-unsaturated/α-hetero) is 1. The topological polar surface area (TPSA) is 107 Å². The van der Waals surface area contributed by atoms with E-state index in [0.29, 0.717) is 36.1 Å². The third-order valence-corrected chi connectivity index (χ3v) is 6.12. The molecular weight excluding hydrogens is 344 g/mol. The summed E-state index contributed by atoms with van der Waals surface area (Å²) in [6, 6.07) is 0. The zero-order chi connectivity index (χ0) is 18.4. The van der Waals surface area contributed by atoms with E-state index in [1.807, 2.05) is 6.20 Å². The molecule has 1 saturated carbocycles. The van der Waals surface area contributed by atoms with E-state index in [1.165, 1.54) is 5.69 Å². The number of ketones is 1. The Morgan fingerprint density at radius 2 is 2.07 bits per heavy atom. The number of imidazole rings is 1. The molecule has 142 valence electrons. The Balaban J connectivity index is 1.39. The van der Waals surface area contributed by atoms with Crippen LogP contribution in [0.15, 0.2) is 12.5 Å². The SMILES string of the molecule is O=C1CCc2nc(N3CCC(c4cnc[nH]4)CC3)nc(NC3(CO)CC3)c21. The Kier molecular flexibility index (Phi) is 3.89. The van der Waals surface area contributed by atoms with Gasteiger partial charge in [0.25, 0.3) is 0 Å². The standard InChI is InChI=1S/C19H24N6O2/c26-10-19(5-6-19)24-17-16-13(1-2-15(16)27)22-18(23-17)25-7-3-12(4-8-25)14-9-20-11-21-14/h9,11-12,26H,1-8,10H2,(H,20,21)(H,22,23,24). The molecule has 0 bridgehead atoms. The van der Waals surface area contributed by atoms with E-state index in [0.717, 1.165) is 44.5 Å². The van der Waals surface area contributed by atoms with E-state index in [1.54, 1.807) is 6.33 Å². The average molecular weight is 368 g/mol. The lowest BCUT2D eigenvalue weighted by Crippen LogP contribution is -2.35. The van der Waals surface area contributed by atoms with Gasteiger partial charge < -0.3 is 20.3 Å². The lowest BCUT2D eigenvalue weighted by Gasteiger charge is -2.32. The first kappa shape index (κ1) is 16.7. The second-order valence-corrected chi connectivity index (χ2v) is 7.95. The third-order valence-electron chi connectivity index (χ3n) is 6.12. The predicted molar refractivity (Wildman–Crippen MR) is 100 cm³/mol. The van der Waals surface area contributed by atoms with Crippen LogP contribution in [0.3, 0.4) is 0 Å². The number of aromatic amines is 1. The number of anilines is 2. The van der Waals surface area contributed by atoms with Crippen molar-refractivity contribution in [3.8, 4) is 0 Å². The number of fused-ring (bicyclic) bond motifs is 1. The zero-order valence-corrected chi connectivity index (χ0v) is 15.2. The van der Waals surface area contributed by atoms with Crippen LogP contribution in [0.4, 0.5) is 11.8 Å². The molecule has 3 heterocycles. The molecule has 5 rings (SSSR count). The number of hydrogen-bond acceptors (Lipinski definition) is 7. The van der Waals surface area contributed by atoms with Gasteiger partial charge in [0.2, 0.25) is 5.95 Å². The zero-order valence-electron chi connectivity index (χ0n) is 15.2. The molecular formula is C19H24N6O2. The van der Waals surface area contributed by atoms with Gasteiger partial charge in [-0.2, -0.15) is 4.98 Å². The number of carbonyl (C=O) groups is 1. The molecule has 2 aromatic heterocycles. The fourth-order valence-corrected chi connectivity index (χ4v) is 4.16. The number of aryl methyl sites for hydroxylation is 1. The number of carbonyl (C=O) groups excluding carboxylic acids is 1. The van der Waals surface area contributed by atoms with E-state index >= 15 is 0 Å². The van der Waals surface area contributed by atoms with Crippen LogP contribution in [0, 0.1) is 0 Å². The summed E-state index contributed by atoms with van der Waals surface area (Å²) in [5, 5.41) is 13.0. The number of hydrogen-bond donors (Lipinski definition) is 3. The minimum absolute atomic E-state index is 0.0604. The summed E-state index contributed by atoms with van der Waals surface area (Å²) >= 11 is 0. The van der Waals surface area contributed by atoms with Crippen molar-refractivity contribution in [2.75, 3.05) is 29.9 Å². The summed E-state index contributed by atoms with van der Waals surface area (Å²) in [4.78, 5) is 31.3. The monoisotopic (exact) mass is 368 g/mol. The van der Waals surface area contributed by atoms with E-state index < -0.39 is 0 Å². The molecule has 0 aromatic carbocycles. The number of nitrogens with one attached hydrogen (secondary N) is 2. The molecule has 2 fully saturated rings. The maximum Gasteiger partial charge on any atom is 0.227 e. The van der Waals surface area contributed by atoms with Gasteiger partial charge in [0, 0.05) is 37.3 Å². The van der Waals surface area contributed by atoms with Gasteiger partial charge in [-0.05, 0) is 32.1 Å². The summed E-state index contributed by atoms with van der Waals surface area (Å²) in [5.41, 5.74) is 2.36. The van der Waals surface area contributed by atoms with Crippen molar-refractivity contribution in [2.24, 2.45) is 0 Å². The molecule has 8 nitrogen and oxygen atoms in total. The van der Waals surface area contributed by atoms with Gasteiger partial charge in [0.15, 0.2) is 5.78 Å². The number of H-pyrrole nitrogens is 1. The normalized spacial score (nSPS) is 21.4. The third kappa shape index (κ3) is 2.97. The lowest BCUT2D eigenvalue weighted by molar-refractivity contribution is 0.0995. The van der Waals surface area contributed by atoms with Crippen LogP contribution in [0.2, 0.25) is 0 Å². The van der Waals surface area contributed by atoms with Crippen molar-refractivity contribution < 1.29 is 9.90 Å². The quantitative estimate of drug-likeness (QED) is 0.736. The maximum atomic E-state index is 12.3. The minimum Gasteiger partial charge on any atom is -0.394 e. The molecule has 2 aromatic rings. The number of aliphatic hydroxyl groups is 1. The van der Waals surface area contributed by atoms with Crippen LogP contribution in [-0.2, 0) is 6.42 Å². The van der Waals surface area contributed by atoms with Crippen molar-refractivity contribution in [1.29, 1.82) is 0 Å². The molecule has 2 aliphatic carbocycles. The smallest absolute Gasteiger partial charge is 0.227 e. The second kappa shape index (κ2) is 6.30. The molecule has 8 heteroatoms. The van der Waals surface area contributed by atoms with Crippen LogP contribution in [-0.4, -0.2) is 56.1 Å². The average Bonchev–Trinajstić information content (AvgIpc) is 3.08. The van der Waals surface area contributed by atoms with Crippen LogP contribution >= 0.6 is 0 Å². The molecule has 0 unspecified atom stereocenters. The predicted octanol–water partition coefficient (Wildman–Crippen LogP) is 1.65. The van der Waals surface area contributed by atoms with Crippen molar-refractivity contribution in [3.05, 3.63) is 29.5 Å². The largest absolute Gasteiger partial charge is 0.394 e. The van der Waals surface area contributed by atoms with Gasteiger partial charge in [0.05, 0.1) is 29.7 Å².